The van der Waals surface area contributed by atoms with Gasteiger partial charge in [0.2, 0.25) is 5.91 Å². The zero-order valence-corrected chi connectivity index (χ0v) is 8.95. The molecule has 0 saturated heterocycles. The first-order chi connectivity index (χ1) is 7.04. The highest BCUT2D eigenvalue weighted by Gasteiger charge is 2.37. The van der Waals surface area contributed by atoms with Crippen molar-refractivity contribution in [3.8, 4) is 0 Å². The maximum atomic E-state index is 11.1. The highest BCUT2D eigenvalue weighted by molar-refractivity contribution is 6.02. The monoisotopic (exact) mass is 202 g/mol. The molecule has 3 heteroatoms. The Kier molecular flexibility index (Phi) is 2.11. The number of hydrogen-bond acceptors (Lipinski definition) is 2. The summed E-state index contributed by atoms with van der Waals surface area (Å²) >= 11 is 0. The second kappa shape index (κ2) is 3.19. The molecule has 0 radical (unpaired) electrons. The fraction of sp³-hybridized carbons (Fsp3) is 0.333. The maximum absolute atomic E-state index is 11.1. The van der Waals surface area contributed by atoms with E-state index < -0.39 is 0 Å². The molecule has 1 unspecified atom stereocenters. The molecule has 1 heterocycles. The van der Waals surface area contributed by atoms with Gasteiger partial charge in [0.25, 0.3) is 0 Å². The lowest BCUT2D eigenvalue weighted by Crippen LogP contribution is -2.33. The Labute approximate surface area is 89.0 Å². The molecule has 15 heavy (non-hydrogen) atoms. The van der Waals surface area contributed by atoms with Crippen LogP contribution in [0.2, 0.25) is 0 Å². The lowest BCUT2D eigenvalue weighted by atomic mass is 9.77. The van der Waals surface area contributed by atoms with Gasteiger partial charge in [-0.3, -0.25) is 9.79 Å². The van der Waals surface area contributed by atoms with Crippen LogP contribution in [0.4, 0.5) is 5.69 Å². The lowest BCUT2D eigenvalue weighted by molar-refractivity contribution is -0.118. The van der Waals surface area contributed by atoms with Crippen molar-refractivity contribution < 1.29 is 4.79 Å². The average molecular weight is 202 g/mol. The Morgan fingerprint density at radius 2 is 2.13 bits per heavy atom. The fourth-order valence-corrected chi connectivity index (χ4v) is 2.11. The Hall–Kier alpha value is -1.64. The molecule has 0 aromatic heterocycles. The van der Waals surface area contributed by atoms with Gasteiger partial charge in [-0.15, -0.1) is 0 Å². The molecule has 0 aliphatic carbocycles. The molecule has 0 bridgehead atoms. The van der Waals surface area contributed by atoms with E-state index in [2.05, 4.69) is 4.99 Å². The van der Waals surface area contributed by atoms with Crippen molar-refractivity contribution in [3.63, 3.8) is 0 Å². The number of nitrogens with two attached hydrogens (primary N) is 1. The van der Waals surface area contributed by atoms with E-state index in [1.807, 2.05) is 38.1 Å². The second-order valence-electron chi connectivity index (χ2n) is 4.19. The van der Waals surface area contributed by atoms with Gasteiger partial charge in [0.05, 0.1) is 5.69 Å². The average Bonchev–Trinajstić information content (AvgIpc) is 2.39. The van der Waals surface area contributed by atoms with Crippen molar-refractivity contribution in [1.82, 2.24) is 0 Å². The third-order valence-electron chi connectivity index (χ3n) is 3.11. The predicted molar refractivity (Wildman–Crippen MR) is 60.4 cm³/mol. The molecule has 0 saturated carbocycles. The number of nitrogens with zero attached hydrogens (tertiary/aromatic N) is 1. The number of para-hydroxylation sites is 1. The molecular formula is C12H14N2O. The number of primary amides is 1. The van der Waals surface area contributed by atoms with Crippen LogP contribution in [0.25, 0.3) is 0 Å². The summed E-state index contributed by atoms with van der Waals surface area (Å²) < 4.78 is 0. The number of carbonyl (C=O) groups excluding carboxylic acids is 1. The highest BCUT2D eigenvalue weighted by Crippen LogP contribution is 2.41. The van der Waals surface area contributed by atoms with Gasteiger partial charge in [-0.05, 0) is 25.5 Å². The van der Waals surface area contributed by atoms with Crippen LogP contribution in [-0.2, 0) is 10.2 Å². The summed E-state index contributed by atoms with van der Waals surface area (Å²) in [4.78, 5) is 15.6. The SMILES string of the molecule is CC1=Nc2ccccc2C1(C)CC(N)=O. The van der Waals surface area contributed by atoms with Crippen LogP contribution < -0.4 is 5.73 Å². The molecule has 1 aromatic carbocycles. The molecule has 1 aliphatic rings. The Morgan fingerprint density at radius 1 is 1.47 bits per heavy atom. The molecule has 0 fully saturated rings. The van der Waals surface area contributed by atoms with E-state index >= 15 is 0 Å². The first kappa shape index (κ1) is 9.90. The molecule has 1 aromatic rings. The topological polar surface area (TPSA) is 55.4 Å². The van der Waals surface area contributed by atoms with Crippen LogP contribution >= 0.6 is 0 Å². The molecule has 2 rings (SSSR count). The molecule has 0 spiro atoms. The fourth-order valence-electron chi connectivity index (χ4n) is 2.11. The quantitative estimate of drug-likeness (QED) is 0.782. The maximum Gasteiger partial charge on any atom is 0.218 e. The zero-order chi connectivity index (χ0) is 11.1. The third kappa shape index (κ3) is 1.44. The minimum absolute atomic E-state index is 0.288. The standard InChI is InChI=1S/C12H14N2O/c1-8-12(2,7-11(13)15)9-5-3-4-6-10(9)14-8/h3-6H,7H2,1-2H3,(H2,13,15). The van der Waals surface area contributed by atoms with Crippen molar-refractivity contribution in [2.24, 2.45) is 10.7 Å². The molecule has 1 amide bonds. The van der Waals surface area contributed by atoms with E-state index in [4.69, 9.17) is 5.73 Å². The number of amides is 1. The summed E-state index contributed by atoms with van der Waals surface area (Å²) in [6, 6.07) is 7.89. The van der Waals surface area contributed by atoms with Gasteiger partial charge in [-0.25, -0.2) is 0 Å². The van der Waals surface area contributed by atoms with Gasteiger partial charge in [-0.2, -0.15) is 0 Å². The van der Waals surface area contributed by atoms with E-state index in [0.717, 1.165) is 17.0 Å². The minimum Gasteiger partial charge on any atom is -0.370 e. The van der Waals surface area contributed by atoms with Crippen LogP contribution in [0, 0.1) is 0 Å². The van der Waals surface area contributed by atoms with E-state index in [1.165, 1.54) is 0 Å². The summed E-state index contributed by atoms with van der Waals surface area (Å²) in [6.07, 6.45) is 0.319. The number of rotatable bonds is 2. The number of carbonyl (C=O) groups is 1. The zero-order valence-electron chi connectivity index (χ0n) is 8.95. The Morgan fingerprint density at radius 3 is 2.80 bits per heavy atom. The van der Waals surface area contributed by atoms with Gasteiger partial charge >= 0.3 is 0 Å². The van der Waals surface area contributed by atoms with Gasteiger partial charge in [-0.1, -0.05) is 18.2 Å². The summed E-state index contributed by atoms with van der Waals surface area (Å²) in [7, 11) is 0. The molecule has 1 atom stereocenters. The second-order valence-corrected chi connectivity index (χ2v) is 4.19. The Bertz CT molecular complexity index is 451. The van der Waals surface area contributed by atoms with E-state index in [0.29, 0.717) is 6.42 Å². The van der Waals surface area contributed by atoms with E-state index in [9.17, 15) is 4.79 Å². The molecule has 3 nitrogen and oxygen atoms in total. The van der Waals surface area contributed by atoms with Gasteiger partial charge in [0.1, 0.15) is 0 Å². The van der Waals surface area contributed by atoms with Crippen molar-refractivity contribution in [2.75, 3.05) is 0 Å². The van der Waals surface area contributed by atoms with Crippen LogP contribution in [0.1, 0.15) is 25.8 Å². The van der Waals surface area contributed by atoms with E-state index in [-0.39, 0.29) is 11.3 Å². The third-order valence-corrected chi connectivity index (χ3v) is 3.11. The Balaban J connectivity index is 2.51. The van der Waals surface area contributed by atoms with Gasteiger partial charge in [0, 0.05) is 17.5 Å². The summed E-state index contributed by atoms with van der Waals surface area (Å²) in [5.41, 5.74) is 7.98. The summed E-state index contributed by atoms with van der Waals surface area (Å²) in [6.45, 7) is 3.96. The van der Waals surface area contributed by atoms with Crippen LogP contribution in [0.3, 0.4) is 0 Å². The predicted octanol–water partition coefficient (Wildman–Crippen LogP) is 1.93. The largest absolute Gasteiger partial charge is 0.370 e. The number of aliphatic imine (C=N–C) groups is 1. The molecule has 1 aliphatic heterocycles. The van der Waals surface area contributed by atoms with Gasteiger partial charge in [0.15, 0.2) is 0 Å². The van der Waals surface area contributed by atoms with Crippen LogP contribution in [0.15, 0.2) is 29.3 Å². The first-order valence-electron chi connectivity index (χ1n) is 4.97. The van der Waals surface area contributed by atoms with Crippen molar-refractivity contribution in [1.29, 1.82) is 0 Å². The highest BCUT2D eigenvalue weighted by atomic mass is 16.1. The van der Waals surface area contributed by atoms with Crippen molar-refractivity contribution in [3.05, 3.63) is 29.8 Å². The first-order valence-corrected chi connectivity index (χ1v) is 4.97. The molecular weight excluding hydrogens is 188 g/mol. The van der Waals surface area contributed by atoms with Crippen molar-refractivity contribution >= 4 is 17.3 Å². The minimum atomic E-state index is -0.317. The van der Waals surface area contributed by atoms with Gasteiger partial charge < -0.3 is 5.73 Å². The molecule has 78 valence electrons. The normalized spacial score (nSPS) is 23.5. The van der Waals surface area contributed by atoms with Crippen LogP contribution in [-0.4, -0.2) is 11.6 Å². The van der Waals surface area contributed by atoms with E-state index in [1.54, 1.807) is 0 Å². The van der Waals surface area contributed by atoms with Crippen LogP contribution in [0.5, 0.6) is 0 Å². The summed E-state index contributed by atoms with van der Waals surface area (Å²) in [5.74, 6) is -0.288. The smallest absolute Gasteiger partial charge is 0.218 e. The summed E-state index contributed by atoms with van der Waals surface area (Å²) in [5, 5.41) is 0. The van der Waals surface area contributed by atoms with Crippen molar-refractivity contribution in [2.45, 2.75) is 25.7 Å². The number of benzene rings is 1. The number of fused-ring (bicyclic) bond motifs is 1. The number of hydrogen-bond donors (Lipinski definition) is 1. The lowest BCUT2D eigenvalue weighted by Gasteiger charge is -2.24. The molecule has 2 N–H and O–H groups in total.